The Morgan fingerprint density at radius 1 is 1.36 bits per heavy atom. The normalized spacial score (nSPS) is 16.7. The van der Waals surface area contributed by atoms with E-state index in [1.165, 1.54) is 19.1 Å². The fourth-order valence-corrected chi connectivity index (χ4v) is 3.10. The number of halogens is 1. The zero-order valence-electron chi connectivity index (χ0n) is 14.0. The molecule has 25 heavy (non-hydrogen) atoms. The average Bonchev–Trinajstić information content (AvgIpc) is 2.57. The monoisotopic (exact) mass is 366 g/mol. The van der Waals surface area contributed by atoms with Crippen LogP contribution in [0, 0.1) is 12.7 Å². The van der Waals surface area contributed by atoms with Crippen LogP contribution in [0.2, 0.25) is 0 Å². The van der Waals surface area contributed by atoms with Gasteiger partial charge in [-0.1, -0.05) is 12.1 Å². The van der Waals surface area contributed by atoms with E-state index in [1.54, 1.807) is 12.1 Å². The first-order chi connectivity index (χ1) is 11.9. The summed E-state index contributed by atoms with van der Waals surface area (Å²) in [5.74, 6) is 0.0188. The number of rotatable bonds is 5. The third-order valence-electron chi connectivity index (χ3n) is 3.90. The molecule has 0 saturated carbocycles. The molecule has 1 N–H and O–H groups in total. The third kappa shape index (κ3) is 4.26. The Kier molecular flexibility index (Phi) is 4.91. The molecule has 0 saturated heterocycles. The first-order valence-corrected chi connectivity index (χ1v) is 9.49. The molecule has 3 rings (SSSR count). The standard InChI is InChI=1S/C17H19FN2O4S/c1-3-25(21,22)24-16-10-23-17-15(20-16)9-13(11(2)19-17)8-12-4-6-14(18)7-5-12/h4-7,9,16,20H,3,8,10H2,1-2H3/t16-/m1/s1. The van der Waals surface area contributed by atoms with Crippen LogP contribution in [0.5, 0.6) is 5.88 Å². The van der Waals surface area contributed by atoms with Crippen LogP contribution in [0.15, 0.2) is 30.3 Å². The summed E-state index contributed by atoms with van der Waals surface area (Å²) in [6.45, 7) is 3.43. The van der Waals surface area contributed by atoms with Gasteiger partial charge in [0.25, 0.3) is 10.1 Å². The maximum atomic E-state index is 13.0. The van der Waals surface area contributed by atoms with Gasteiger partial charge in [0.2, 0.25) is 5.88 Å². The lowest BCUT2D eigenvalue weighted by Gasteiger charge is -2.27. The molecular formula is C17H19FN2O4S. The molecule has 0 unspecified atom stereocenters. The smallest absolute Gasteiger partial charge is 0.269 e. The zero-order chi connectivity index (χ0) is 18.0. The minimum absolute atomic E-state index is 0.0516. The van der Waals surface area contributed by atoms with E-state index in [2.05, 4.69) is 10.3 Å². The van der Waals surface area contributed by atoms with Gasteiger partial charge in [0.15, 0.2) is 6.23 Å². The molecule has 2 heterocycles. The first kappa shape index (κ1) is 17.6. The lowest BCUT2D eigenvalue weighted by molar-refractivity contribution is 0.141. The largest absolute Gasteiger partial charge is 0.471 e. The molecule has 1 aromatic carbocycles. The lowest BCUT2D eigenvalue weighted by Crippen LogP contribution is -2.36. The number of aryl methyl sites for hydroxylation is 1. The Morgan fingerprint density at radius 2 is 2.08 bits per heavy atom. The number of aromatic nitrogens is 1. The van der Waals surface area contributed by atoms with E-state index in [4.69, 9.17) is 8.92 Å². The average molecular weight is 366 g/mol. The van der Waals surface area contributed by atoms with Crippen LogP contribution in [-0.2, 0) is 20.7 Å². The topological polar surface area (TPSA) is 77.5 Å². The summed E-state index contributed by atoms with van der Waals surface area (Å²) >= 11 is 0. The molecule has 1 atom stereocenters. The van der Waals surface area contributed by atoms with Gasteiger partial charge in [-0.15, -0.1) is 0 Å². The van der Waals surface area contributed by atoms with Crippen LogP contribution in [0.25, 0.3) is 0 Å². The van der Waals surface area contributed by atoms with Crippen LogP contribution in [0.4, 0.5) is 10.1 Å². The van der Waals surface area contributed by atoms with Crippen molar-refractivity contribution in [1.82, 2.24) is 4.98 Å². The van der Waals surface area contributed by atoms with Gasteiger partial charge in [0, 0.05) is 5.69 Å². The molecule has 0 radical (unpaired) electrons. The predicted octanol–water partition coefficient (Wildman–Crippen LogP) is 2.62. The molecule has 0 bridgehead atoms. The summed E-state index contributed by atoms with van der Waals surface area (Å²) in [6.07, 6.45) is -0.215. The molecular weight excluding hydrogens is 347 g/mol. The number of hydrogen-bond acceptors (Lipinski definition) is 6. The Balaban J connectivity index is 1.81. The molecule has 1 aromatic heterocycles. The summed E-state index contributed by atoms with van der Waals surface area (Å²) in [6, 6.07) is 8.12. The number of fused-ring (bicyclic) bond motifs is 1. The first-order valence-electron chi connectivity index (χ1n) is 7.91. The van der Waals surface area contributed by atoms with E-state index in [9.17, 15) is 12.8 Å². The summed E-state index contributed by atoms with van der Waals surface area (Å²) in [4.78, 5) is 4.41. The summed E-state index contributed by atoms with van der Waals surface area (Å²) in [7, 11) is -3.59. The molecule has 0 spiro atoms. The van der Waals surface area contributed by atoms with Crippen molar-refractivity contribution >= 4 is 15.8 Å². The molecule has 1 aliphatic heterocycles. The van der Waals surface area contributed by atoms with Gasteiger partial charge >= 0.3 is 0 Å². The van der Waals surface area contributed by atoms with Crippen molar-refractivity contribution in [1.29, 1.82) is 0 Å². The molecule has 0 fully saturated rings. The number of nitrogens with one attached hydrogen (secondary N) is 1. The van der Waals surface area contributed by atoms with Gasteiger partial charge in [0.05, 0.1) is 11.4 Å². The van der Waals surface area contributed by atoms with Crippen molar-refractivity contribution in [3.05, 3.63) is 53.0 Å². The van der Waals surface area contributed by atoms with Gasteiger partial charge in [-0.2, -0.15) is 8.42 Å². The SMILES string of the molecule is CCS(=O)(=O)O[C@@H]1COc2nc(C)c(Cc3ccc(F)cc3)cc2N1. The minimum Gasteiger partial charge on any atom is -0.471 e. The fraction of sp³-hybridized carbons (Fsp3) is 0.353. The molecule has 0 amide bonds. The third-order valence-corrected chi connectivity index (χ3v) is 5.13. The van der Waals surface area contributed by atoms with Crippen molar-refractivity contribution in [3.63, 3.8) is 0 Å². The maximum absolute atomic E-state index is 13.0. The second kappa shape index (κ2) is 6.97. The Bertz CT molecular complexity index is 869. The highest BCUT2D eigenvalue weighted by atomic mass is 32.2. The van der Waals surface area contributed by atoms with Crippen molar-refractivity contribution < 1.29 is 21.7 Å². The molecule has 2 aromatic rings. The van der Waals surface area contributed by atoms with Gasteiger partial charge in [-0.3, -0.25) is 0 Å². The quantitative estimate of drug-likeness (QED) is 0.820. The van der Waals surface area contributed by atoms with Crippen LogP contribution < -0.4 is 10.1 Å². The number of hydrogen-bond donors (Lipinski definition) is 1. The molecule has 0 aliphatic carbocycles. The highest BCUT2D eigenvalue weighted by molar-refractivity contribution is 7.86. The number of nitrogens with zero attached hydrogens (tertiary/aromatic N) is 1. The number of anilines is 1. The second-order valence-corrected chi connectivity index (χ2v) is 7.66. The minimum atomic E-state index is -3.59. The lowest BCUT2D eigenvalue weighted by atomic mass is 10.0. The molecule has 8 heteroatoms. The van der Waals surface area contributed by atoms with Crippen LogP contribution >= 0.6 is 0 Å². The van der Waals surface area contributed by atoms with Gasteiger partial charge in [-0.25, -0.2) is 13.6 Å². The van der Waals surface area contributed by atoms with Crippen LogP contribution in [0.1, 0.15) is 23.7 Å². The fourth-order valence-electron chi connectivity index (χ4n) is 2.51. The van der Waals surface area contributed by atoms with Gasteiger partial charge in [-0.05, 0) is 49.6 Å². The Morgan fingerprint density at radius 3 is 2.76 bits per heavy atom. The highest BCUT2D eigenvalue weighted by Crippen LogP contribution is 2.30. The highest BCUT2D eigenvalue weighted by Gasteiger charge is 2.25. The van der Waals surface area contributed by atoms with Crippen LogP contribution in [0.3, 0.4) is 0 Å². The number of pyridine rings is 1. The number of benzene rings is 1. The van der Waals surface area contributed by atoms with Crippen molar-refractivity contribution in [2.45, 2.75) is 26.5 Å². The summed E-state index contributed by atoms with van der Waals surface area (Å²) in [5.41, 5.74) is 3.25. The van der Waals surface area contributed by atoms with Gasteiger partial charge in [0.1, 0.15) is 12.4 Å². The van der Waals surface area contributed by atoms with E-state index in [0.29, 0.717) is 18.0 Å². The maximum Gasteiger partial charge on any atom is 0.269 e. The molecule has 134 valence electrons. The van der Waals surface area contributed by atoms with Crippen molar-refractivity contribution in [2.75, 3.05) is 17.7 Å². The van der Waals surface area contributed by atoms with E-state index in [-0.39, 0.29) is 18.2 Å². The Labute approximate surface area is 146 Å². The van der Waals surface area contributed by atoms with E-state index < -0.39 is 16.3 Å². The van der Waals surface area contributed by atoms with Crippen molar-refractivity contribution in [2.24, 2.45) is 0 Å². The van der Waals surface area contributed by atoms with Crippen LogP contribution in [-0.4, -0.2) is 32.0 Å². The van der Waals surface area contributed by atoms with E-state index in [0.717, 1.165) is 16.8 Å². The Hall–Kier alpha value is -2.19. The predicted molar refractivity (Wildman–Crippen MR) is 91.6 cm³/mol. The summed E-state index contributed by atoms with van der Waals surface area (Å²) < 4.78 is 46.8. The summed E-state index contributed by atoms with van der Waals surface area (Å²) in [5, 5.41) is 3.00. The molecule has 1 aliphatic rings. The molecule has 6 nitrogen and oxygen atoms in total. The number of ether oxygens (including phenoxy) is 1. The van der Waals surface area contributed by atoms with E-state index >= 15 is 0 Å². The zero-order valence-corrected chi connectivity index (χ0v) is 14.8. The van der Waals surface area contributed by atoms with E-state index in [1.807, 2.05) is 13.0 Å². The van der Waals surface area contributed by atoms with Gasteiger partial charge < -0.3 is 10.1 Å². The second-order valence-electron chi connectivity index (χ2n) is 5.78. The van der Waals surface area contributed by atoms with Crippen molar-refractivity contribution in [3.8, 4) is 5.88 Å².